The number of non-ortho nitro benzene ring substituents is 1. The van der Waals surface area contributed by atoms with E-state index in [1.165, 1.54) is 36.2 Å². The van der Waals surface area contributed by atoms with Gasteiger partial charge in [0.25, 0.3) is 5.69 Å². The van der Waals surface area contributed by atoms with Gasteiger partial charge in [0.15, 0.2) is 5.03 Å². The maximum Gasteiger partial charge on any atom is 0.323 e. The summed E-state index contributed by atoms with van der Waals surface area (Å²) in [6.07, 6.45) is 1.64. The highest BCUT2D eigenvalue weighted by Gasteiger charge is 2.39. The van der Waals surface area contributed by atoms with Crippen molar-refractivity contribution >= 4 is 23.5 Å². The van der Waals surface area contributed by atoms with Gasteiger partial charge in [0, 0.05) is 19.2 Å². The van der Waals surface area contributed by atoms with Crippen LogP contribution in [0.1, 0.15) is 11.6 Å². The molecule has 0 spiro atoms. The summed E-state index contributed by atoms with van der Waals surface area (Å²) in [4.78, 5) is 34.0. The molecule has 0 radical (unpaired) electrons. The molecule has 2 rings (SSSR count). The zero-order valence-electron chi connectivity index (χ0n) is 11.7. The Morgan fingerprint density at radius 2 is 1.77 bits per heavy atom. The van der Waals surface area contributed by atoms with Gasteiger partial charge in [-0.15, -0.1) is 11.8 Å². The first kappa shape index (κ1) is 15.8. The first-order chi connectivity index (χ1) is 10.4. The second-order valence-electron chi connectivity index (χ2n) is 4.44. The van der Waals surface area contributed by atoms with Crippen molar-refractivity contribution in [2.75, 3.05) is 13.3 Å². The van der Waals surface area contributed by atoms with E-state index in [4.69, 9.17) is 0 Å². The fourth-order valence-corrected chi connectivity index (χ4v) is 2.89. The summed E-state index contributed by atoms with van der Waals surface area (Å²) >= 11 is 1.10. The van der Waals surface area contributed by atoms with E-state index < -0.39 is 21.9 Å². The number of carbonyl (C=O) groups is 1. The molecule has 2 amide bonds. The van der Waals surface area contributed by atoms with Crippen LogP contribution < -0.4 is 5.32 Å². The Morgan fingerprint density at radius 3 is 2.23 bits per heavy atom. The second-order valence-corrected chi connectivity index (χ2v) is 5.24. The predicted molar refractivity (Wildman–Crippen MR) is 79.7 cm³/mol. The van der Waals surface area contributed by atoms with Crippen LogP contribution in [0.4, 0.5) is 10.5 Å². The molecule has 1 aromatic carbocycles. The van der Waals surface area contributed by atoms with Crippen molar-refractivity contribution in [2.45, 2.75) is 6.04 Å². The minimum Gasteiger partial charge on any atom is -0.321 e. The lowest BCUT2D eigenvalue weighted by molar-refractivity contribution is -0.432. The Hall–Kier alpha value is -2.62. The molecule has 1 unspecified atom stereocenters. The van der Waals surface area contributed by atoms with Gasteiger partial charge >= 0.3 is 11.7 Å². The summed E-state index contributed by atoms with van der Waals surface area (Å²) < 4.78 is 0. The normalized spacial score (nSPS) is 18.2. The Kier molecular flexibility index (Phi) is 4.31. The molecule has 1 N–H and O–H groups in total. The summed E-state index contributed by atoms with van der Waals surface area (Å²) in [6, 6.07) is 3.86. The monoisotopic (exact) mass is 324 g/mol. The Labute approximate surface area is 129 Å². The maximum atomic E-state index is 11.9. The van der Waals surface area contributed by atoms with Gasteiger partial charge in [0.1, 0.15) is 6.04 Å². The molecule has 1 aliphatic heterocycles. The van der Waals surface area contributed by atoms with Crippen LogP contribution in [0.5, 0.6) is 0 Å². The number of hydrogen-bond acceptors (Lipinski definition) is 6. The van der Waals surface area contributed by atoms with Gasteiger partial charge in [0.2, 0.25) is 0 Å². The average Bonchev–Trinajstić information content (AvgIpc) is 2.49. The van der Waals surface area contributed by atoms with E-state index in [0.29, 0.717) is 5.56 Å². The summed E-state index contributed by atoms with van der Waals surface area (Å²) in [5.74, 6) is 0. The van der Waals surface area contributed by atoms with Crippen molar-refractivity contribution in [1.29, 1.82) is 0 Å². The van der Waals surface area contributed by atoms with Crippen LogP contribution in [0.15, 0.2) is 35.0 Å². The van der Waals surface area contributed by atoms with E-state index in [-0.39, 0.29) is 16.4 Å². The van der Waals surface area contributed by atoms with Gasteiger partial charge in [-0.3, -0.25) is 25.1 Å². The summed E-state index contributed by atoms with van der Waals surface area (Å²) in [7, 11) is 1.44. The number of hydrogen-bond donors (Lipinski definition) is 1. The molecule has 0 saturated heterocycles. The standard InChI is InChI=1S/C12H12N4O5S/c1-14-11(22-2)10(16(20)21)9(13-12(14)17)7-3-5-8(6-4-7)15(18)19/h3-6,9H,1-2H3,(H,13,17). The summed E-state index contributed by atoms with van der Waals surface area (Å²) in [5, 5.41) is 24.8. The van der Waals surface area contributed by atoms with Crippen molar-refractivity contribution in [2.24, 2.45) is 0 Å². The molecular formula is C12H12N4O5S. The largest absolute Gasteiger partial charge is 0.323 e. The molecule has 10 heteroatoms. The van der Waals surface area contributed by atoms with Gasteiger partial charge in [-0.1, -0.05) is 0 Å². The molecule has 1 heterocycles. The number of nitro benzene ring substituents is 1. The number of rotatable bonds is 4. The van der Waals surface area contributed by atoms with E-state index in [2.05, 4.69) is 5.32 Å². The molecule has 1 aliphatic rings. The van der Waals surface area contributed by atoms with Crippen LogP contribution in [-0.2, 0) is 0 Å². The number of nitro groups is 2. The highest BCUT2D eigenvalue weighted by Crippen LogP contribution is 2.34. The molecule has 0 aromatic heterocycles. The highest BCUT2D eigenvalue weighted by molar-refractivity contribution is 8.02. The number of nitrogens with zero attached hydrogens (tertiary/aromatic N) is 3. The van der Waals surface area contributed by atoms with Crippen molar-refractivity contribution in [1.82, 2.24) is 10.2 Å². The van der Waals surface area contributed by atoms with E-state index in [9.17, 15) is 25.0 Å². The van der Waals surface area contributed by atoms with E-state index in [0.717, 1.165) is 11.8 Å². The predicted octanol–water partition coefficient (Wildman–Crippen LogP) is 2.10. The van der Waals surface area contributed by atoms with Gasteiger partial charge < -0.3 is 5.32 Å². The molecule has 1 aromatic rings. The molecule has 9 nitrogen and oxygen atoms in total. The molecule has 0 aliphatic carbocycles. The molecular weight excluding hydrogens is 312 g/mol. The molecule has 1 atom stereocenters. The van der Waals surface area contributed by atoms with Crippen molar-refractivity contribution in [3.63, 3.8) is 0 Å². The van der Waals surface area contributed by atoms with E-state index in [1.54, 1.807) is 6.26 Å². The van der Waals surface area contributed by atoms with Gasteiger partial charge in [-0.05, 0) is 24.0 Å². The van der Waals surface area contributed by atoms with Crippen LogP contribution in [-0.4, -0.2) is 34.1 Å². The van der Waals surface area contributed by atoms with Crippen molar-refractivity contribution in [3.8, 4) is 0 Å². The smallest absolute Gasteiger partial charge is 0.321 e. The molecule has 0 saturated carbocycles. The Balaban J connectivity index is 2.52. The van der Waals surface area contributed by atoms with Crippen LogP contribution in [0.25, 0.3) is 0 Å². The number of benzene rings is 1. The van der Waals surface area contributed by atoms with E-state index >= 15 is 0 Å². The second kappa shape index (κ2) is 6.02. The van der Waals surface area contributed by atoms with E-state index in [1.807, 2.05) is 0 Å². The fourth-order valence-electron chi connectivity index (χ4n) is 2.13. The minimum atomic E-state index is -0.957. The zero-order valence-corrected chi connectivity index (χ0v) is 12.5. The Bertz CT molecular complexity index is 673. The van der Waals surface area contributed by atoms with Crippen LogP contribution in [0.2, 0.25) is 0 Å². The minimum absolute atomic E-state index is 0.125. The Morgan fingerprint density at radius 1 is 1.18 bits per heavy atom. The van der Waals surface area contributed by atoms with Crippen molar-refractivity contribution < 1.29 is 14.6 Å². The van der Waals surface area contributed by atoms with Crippen LogP contribution in [0, 0.1) is 20.2 Å². The van der Waals surface area contributed by atoms with Crippen LogP contribution in [0.3, 0.4) is 0 Å². The highest BCUT2D eigenvalue weighted by atomic mass is 32.2. The van der Waals surface area contributed by atoms with Crippen LogP contribution >= 0.6 is 11.8 Å². The molecule has 116 valence electrons. The number of amides is 2. The molecule has 0 bridgehead atoms. The number of thioether (sulfide) groups is 1. The average molecular weight is 324 g/mol. The van der Waals surface area contributed by atoms with Gasteiger partial charge in [-0.2, -0.15) is 0 Å². The third kappa shape index (κ3) is 2.72. The number of urea groups is 1. The van der Waals surface area contributed by atoms with Crippen molar-refractivity contribution in [3.05, 3.63) is 60.8 Å². The quantitative estimate of drug-likeness (QED) is 0.669. The number of nitrogens with one attached hydrogen (secondary N) is 1. The third-order valence-corrected chi connectivity index (χ3v) is 4.07. The first-order valence-corrected chi connectivity index (χ1v) is 7.30. The van der Waals surface area contributed by atoms with Gasteiger partial charge in [-0.25, -0.2) is 4.79 Å². The topological polar surface area (TPSA) is 119 Å². The zero-order chi connectivity index (χ0) is 16.4. The number of carbonyl (C=O) groups excluding carboxylic acids is 1. The summed E-state index contributed by atoms with van der Waals surface area (Å²) in [5.41, 5.74) is 0.119. The molecule has 22 heavy (non-hydrogen) atoms. The summed E-state index contributed by atoms with van der Waals surface area (Å²) in [6.45, 7) is 0. The fraction of sp³-hybridized carbons (Fsp3) is 0.250. The lowest BCUT2D eigenvalue weighted by atomic mass is 10.0. The lowest BCUT2D eigenvalue weighted by Crippen LogP contribution is -2.45. The SMILES string of the molecule is CSC1=C([N+](=O)[O-])C(c2ccc([N+](=O)[O-])cc2)NC(=O)N1C. The maximum absolute atomic E-state index is 11.9. The first-order valence-electron chi connectivity index (χ1n) is 6.08. The molecule has 0 fully saturated rings. The third-order valence-electron chi connectivity index (χ3n) is 3.20. The lowest BCUT2D eigenvalue weighted by Gasteiger charge is -2.29. The van der Waals surface area contributed by atoms with Gasteiger partial charge in [0.05, 0.1) is 9.85 Å².